The van der Waals surface area contributed by atoms with Crippen LogP contribution in [-0.2, 0) is 11.2 Å². The van der Waals surface area contributed by atoms with Crippen molar-refractivity contribution in [3.8, 4) is 5.75 Å². The number of hydrogen-bond acceptors (Lipinski definition) is 6. The SMILES string of the molecule is COc1ccc(N)c(NC(=O)CCc2c(C)nc3ncnn3c2C)c1. The molecule has 0 bridgehead atoms. The van der Waals surface area contributed by atoms with Crippen LogP contribution < -0.4 is 15.8 Å². The predicted molar refractivity (Wildman–Crippen MR) is 94.6 cm³/mol. The molecule has 0 saturated carbocycles. The van der Waals surface area contributed by atoms with E-state index in [-0.39, 0.29) is 5.91 Å². The molecule has 3 aromatic rings. The number of nitrogens with one attached hydrogen (secondary N) is 1. The van der Waals surface area contributed by atoms with Crippen molar-refractivity contribution in [2.24, 2.45) is 0 Å². The summed E-state index contributed by atoms with van der Waals surface area (Å²) in [4.78, 5) is 20.8. The summed E-state index contributed by atoms with van der Waals surface area (Å²) in [5.41, 5.74) is 9.72. The minimum absolute atomic E-state index is 0.127. The summed E-state index contributed by atoms with van der Waals surface area (Å²) < 4.78 is 6.84. The third-order valence-corrected chi connectivity index (χ3v) is 4.13. The summed E-state index contributed by atoms with van der Waals surface area (Å²) in [5, 5.41) is 6.98. The number of nitrogen functional groups attached to an aromatic ring is 1. The number of fused-ring (bicyclic) bond motifs is 1. The van der Waals surface area contributed by atoms with Crippen molar-refractivity contribution in [3.05, 3.63) is 41.5 Å². The van der Waals surface area contributed by atoms with Crippen LogP contribution in [0.5, 0.6) is 5.75 Å². The second kappa shape index (κ2) is 6.76. The molecule has 2 heterocycles. The van der Waals surface area contributed by atoms with Gasteiger partial charge in [0.05, 0.1) is 18.5 Å². The fourth-order valence-electron chi connectivity index (χ4n) is 2.74. The Balaban J connectivity index is 1.73. The molecule has 0 aliphatic rings. The molecule has 2 aromatic heterocycles. The van der Waals surface area contributed by atoms with Gasteiger partial charge in [-0.15, -0.1) is 0 Å². The molecule has 0 spiro atoms. The van der Waals surface area contributed by atoms with Crippen molar-refractivity contribution in [1.82, 2.24) is 19.6 Å². The molecule has 3 N–H and O–H groups in total. The van der Waals surface area contributed by atoms with Gasteiger partial charge in [-0.2, -0.15) is 10.1 Å². The van der Waals surface area contributed by atoms with Crippen LogP contribution in [0.15, 0.2) is 24.5 Å². The summed E-state index contributed by atoms with van der Waals surface area (Å²) in [7, 11) is 1.57. The fourth-order valence-corrected chi connectivity index (χ4v) is 2.74. The van der Waals surface area contributed by atoms with Gasteiger partial charge in [-0.3, -0.25) is 4.79 Å². The van der Waals surface area contributed by atoms with E-state index in [1.807, 2.05) is 13.8 Å². The lowest BCUT2D eigenvalue weighted by molar-refractivity contribution is -0.116. The number of aromatic nitrogens is 4. The number of methoxy groups -OCH3 is 1. The van der Waals surface area contributed by atoms with Gasteiger partial charge in [0.2, 0.25) is 5.91 Å². The van der Waals surface area contributed by atoms with Gasteiger partial charge in [-0.1, -0.05) is 0 Å². The maximum Gasteiger partial charge on any atom is 0.252 e. The smallest absolute Gasteiger partial charge is 0.252 e. The van der Waals surface area contributed by atoms with Gasteiger partial charge in [0.25, 0.3) is 5.78 Å². The topological polar surface area (TPSA) is 107 Å². The molecular formula is C17H20N6O2. The number of benzene rings is 1. The zero-order chi connectivity index (χ0) is 18.0. The van der Waals surface area contributed by atoms with Crippen LogP contribution >= 0.6 is 0 Å². The van der Waals surface area contributed by atoms with Crippen molar-refractivity contribution in [1.29, 1.82) is 0 Å². The quantitative estimate of drug-likeness (QED) is 0.687. The van der Waals surface area contributed by atoms with Crippen LogP contribution in [0.2, 0.25) is 0 Å². The van der Waals surface area contributed by atoms with E-state index in [0.29, 0.717) is 35.7 Å². The van der Waals surface area contributed by atoms with Crippen LogP contribution in [0.3, 0.4) is 0 Å². The van der Waals surface area contributed by atoms with E-state index in [9.17, 15) is 4.79 Å². The zero-order valence-corrected chi connectivity index (χ0v) is 14.4. The highest BCUT2D eigenvalue weighted by atomic mass is 16.5. The van der Waals surface area contributed by atoms with Crippen LogP contribution in [0.4, 0.5) is 11.4 Å². The van der Waals surface area contributed by atoms with E-state index in [0.717, 1.165) is 17.0 Å². The number of amides is 1. The number of rotatable bonds is 5. The molecule has 1 amide bonds. The molecule has 0 aliphatic heterocycles. The van der Waals surface area contributed by atoms with Gasteiger partial charge in [0, 0.05) is 23.9 Å². The first-order valence-corrected chi connectivity index (χ1v) is 7.88. The number of nitrogens with two attached hydrogens (primary N) is 1. The summed E-state index contributed by atoms with van der Waals surface area (Å²) >= 11 is 0. The first kappa shape index (κ1) is 16.7. The van der Waals surface area contributed by atoms with Gasteiger partial charge in [-0.05, 0) is 38.0 Å². The molecule has 8 nitrogen and oxygen atoms in total. The monoisotopic (exact) mass is 340 g/mol. The molecule has 0 aliphatic carbocycles. The molecule has 0 fully saturated rings. The Morgan fingerprint density at radius 3 is 2.92 bits per heavy atom. The van der Waals surface area contributed by atoms with Crippen LogP contribution in [0, 0.1) is 13.8 Å². The van der Waals surface area contributed by atoms with Gasteiger partial charge in [0.1, 0.15) is 12.1 Å². The summed E-state index contributed by atoms with van der Waals surface area (Å²) in [6.07, 6.45) is 2.33. The van der Waals surface area contributed by atoms with Gasteiger partial charge in [0.15, 0.2) is 0 Å². The summed E-state index contributed by atoms with van der Waals surface area (Å²) in [5.74, 6) is 1.07. The standard InChI is InChI=1S/C17H20N6O2/c1-10-13(11(2)23-17(21-10)19-9-20-23)5-7-16(24)22-15-8-12(25-3)4-6-14(15)18/h4,6,8-9H,5,7,18H2,1-3H3,(H,22,24). The molecule has 0 atom stereocenters. The van der Waals surface area contributed by atoms with Gasteiger partial charge >= 0.3 is 0 Å². The van der Waals surface area contributed by atoms with Crippen molar-refractivity contribution in [2.75, 3.05) is 18.2 Å². The molecule has 1 aromatic carbocycles. The Hall–Kier alpha value is -3.16. The van der Waals surface area contributed by atoms with Crippen LogP contribution in [0.25, 0.3) is 5.78 Å². The highest BCUT2D eigenvalue weighted by molar-refractivity contribution is 5.94. The maximum atomic E-state index is 12.3. The number of nitrogens with zero attached hydrogens (tertiary/aromatic N) is 4. The minimum Gasteiger partial charge on any atom is -0.497 e. The maximum absolute atomic E-state index is 12.3. The molecular weight excluding hydrogens is 320 g/mol. The van der Waals surface area contributed by atoms with E-state index >= 15 is 0 Å². The van der Waals surface area contributed by atoms with Crippen molar-refractivity contribution < 1.29 is 9.53 Å². The Bertz CT molecular complexity index is 934. The summed E-state index contributed by atoms with van der Waals surface area (Å²) in [6, 6.07) is 5.15. The second-order valence-corrected chi connectivity index (χ2v) is 5.73. The highest BCUT2D eigenvalue weighted by Gasteiger charge is 2.13. The zero-order valence-electron chi connectivity index (χ0n) is 14.4. The van der Waals surface area contributed by atoms with E-state index in [2.05, 4.69) is 20.4 Å². The lowest BCUT2D eigenvalue weighted by atomic mass is 10.1. The first-order valence-electron chi connectivity index (χ1n) is 7.88. The fraction of sp³-hybridized carbons (Fsp3) is 0.294. The number of ether oxygens (including phenoxy) is 1. The van der Waals surface area contributed by atoms with E-state index < -0.39 is 0 Å². The largest absolute Gasteiger partial charge is 0.497 e. The second-order valence-electron chi connectivity index (χ2n) is 5.73. The molecule has 3 rings (SSSR count). The number of hydrogen-bond donors (Lipinski definition) is 2. The van der Waals surface area contributed by atoms with Crippen molar-refractivity contribution in [2.45, 2.75) is 26.7 Å². The normalized spacial score (nSPS) is 10.8. The Labute approximate surface area is 145 Å². The molecule has 0 saturated heterocycles. The van der Waals surface area contributed by atoms with E-state index in [1.165, 1.54) is 6.33 Å². The number of anilines is 2. The third kappa shape index (κ3) is 3.37. The number of carbonyl (C=O) groups excluding carboxylic acids is 1. The number of aryl methyl sites for hydroxylation is 2. The van der Waals surface area contributed by atoms with Crippen LogP contribution in [-0.4, -0.2) is 32.6 Å². The lowest BCUT2D eigenvalue weighted by Crippen LogP contribution is -2.15. The van der Waals surface area contributed by atoms with Gasteiger partial charge in [-0.25, -0.2) is 9.50 Å². The Morgan fingerprint density at radius 2 is 2.16 bits per heavy atom. The highest BCUT2D eigenvalue weighted by Crippen LogP contribution is 2.24. The van der Waals surface area contributed by atoms with E-state index in [1.54, 1.807) is 29.8 Å². The molecule has 130 valence electrons. The van der Waals surface area contributed by atoms with Crippen molar-refractivity contribution in [3.63, 3.8) is 0 Å². The molecule has 0 radical (unpaired) electrons. The molecule has 25 heavy (non-hydrogen) atoms. The average molecular weight is 340 g/mol. The summed E-state index contributed by atoms with van der Waals surface area (Å²) in [6.45, 7) is 3.86. The molecule has 8 heteroatoms. The minimum atomic E-state index is -0.127. The van der Waals surface area contributed by atoms with Crippen molar-refractivity contribution >= 4 is 23.1 Å². The van der Waals surface area contributed by atoms with Crippen LogP contribution in [0.1, 0.15) is 23.4 Å². The first-order chi connectivity index (χ1) is 12.0. The Morgan fingerprint density at radius 1 is 1.36 bits per heavy atom. The average Bonchev–Trinajstić information content (AvgIpc) is 3.05. The third-order valence-electron chi connectivity index (χ3n) is 4.13. The van der Waals surface area contributed by atoms with E-state index in [4.69, 9.17) is 10.5 Å². The molecule has 0 unspecified atom stereocenters. The lowest BCUT2D eigenvalue weighted by Gasteiger charge is -2.12. The predicted octanol–water partition coefficient (Wildman–Crippen LogP) is 1.90. The Kier molecular flexibility index (Phi) is 4.51. The van der Waals surface area contributed by atoms with Gasteiger partial charge < -0.3 is 15.8 Å². The number of carbonyl (C=O) groups is 1.